The highest BCUT2D eigenvalue weighted by atomic mass is 16.5. The Hall–Kier alpha value is -2.04. The molecule has 5 nitrogen and oxygen atoms in total. The Labute approximate surface area is 137 Å². The lowest BCUT2D eigenvalue weighted by Crippen LogP contribution is -2.35. The molecule has 1 fully saturated rings. The van der Waals surface area contributed by atoms with Crippen molar-refractivity contribution in [1.29, 1.82) is 0 Å². The van der Waals surface area contributed by atoms with Crippen LogP contribution in [0, 0.1) is 11.8 Å². The predicted octanol–water partition coefficient (Wildman–Crippen LogP) is 1.90. The molecule has 1 aliphatic carbocycles. The number of carbonyl (C=O) groups excluding carboxylic acids is 2. The third-order valence-corrected chi connectivity index (χ3v) is 4.34. The van der Waals surface area contributed by atoms with Gasteiger partial charge in [-0.15, -0.1) is 0 Å². The van der Waals surface area contributed by atoms with E-state index in [-0.39, 0.29) is 29.7 Å². The maximum absolute atomic E-state index is 12.1. The molecule has 1 saturated carbocycles. The van der Waals surface area contributed by atoms with Gasteiger partial charge in [0.1, 0.15) is 5.75 Å². The summed E-state index contributed by atoms with van der Waals surface area (Å²) >= 11 is 0. The summed E-state index contributed by atoms with van der Waals surface area (Å²) in [7, 11) is 1.64. The van der Waals surface area contributed by atoms with Crippen molar-refractivity contribution in [1.82, 2.24) is 10.6 Å². The average molecular weight is 318 g/mol. The summed E-state index contributed by atoms with van der Waals surface area (Å²) in [4.78, 5) is 24.0. The SMILES string of the molecule is CCC(C)NC(=O)C1CC1C(=O)NCCc1ccc(OC)cc1. The van der Waals surface area contributed by atoms with E-state index in [4.69, 9.17) is 4.74 Å². The van der Waals surface area contributed by atoms with Crippen LogP contribution in [-0.2, 0) is 16.0 Å². The molecule has 1 aliphatic rings. The van der Waals surface area contributed by atoms with E-state index in [0.717, 1.165) is 24.2 Å². The fraction of sp³-hybridized carbons (Fsp3) is 0.556. The van der Waals surface area contributed by atoms with Crippen molar-refractivity contribution >= 4 is 11.8 Å². The highest BCUT2D eigenvalue weighted by Gasteiger charge is 2.47. The van der Waals surface area contributed by atoms with E-state index in [2.05, 4.69) is 10.6 Å². The number of nitrogens with one attached hydrogen (secondary N) is 2. The largest absolute Gasteiger partial charge is 0.497 e. The molecule has 126 valence electrons. The van der Waals surface area contributed by atoms with Crippen LogP contribution in [-0.4, -0.2) is 31.5 Å². The molecule has 0 bridgehead atoms. The minimum atomic E-state index is -0.157. The second-order valence-corrected chi connectivity index (χ2v) is 6.16. The summed E-state index contributed by atoms with van der Waals surface area (Å²) in [5.41, 5.74) is 1.15. The van der Waals surface area contributed by atoms with Gasteiger partial charge in [0.2, 0.25) is 11.8 Å². The lowest BCUT2D eigenvalue weighted by molar-refractivity contribution is -0.127. The van der Waals surface area contributed by atoms with E-state index in [1.54, 1.807) is 7.11 Å². The molecule has 2 amide bonds. The lowest BCUT2D eigenvalue weighted by atomic mass is 10.1. The Kier molecular flexibility index (Phi) is 6.02. The summed E-state index contributed by atoms with van der Waals surface area (Å²) in [5, 5.41) is 5.86. The van der Waals surface area contributed by atoms with Crippen LogP contribution in [0.15, 0.2) is 24.3 Å². The third-order valence-electron chi connectivity index (χ3n) is 4.34. The van der Waals surface area contributed by atoms with Crippen molar-refractivity contribution < 1.29 is 14.3 Å². The number of amides is 2. The molecular formula is C18H26N2O3. The van der Waals surface area contributed by atoms with Crippen LogP contribution in [0.2, 0.25) is 0 Å². The zero-order chi connectivity index (χ0) is 16.8. The van der Waals surface area contributed by atoms with Crippen molar-refractivity contribution in [2.24, 2.45) is 11.8 Å². The van der Waals surface area contributed by atoms with Gasteiger partial charge in [0.25, 0.3) is 0 Å². The number of benzene rings is 1. The molecule has 3 atom stereocenters. The van der Waals surface area contributed by atoms with Gasteiger partial charge in [-0.2, -0.15) is 0 Å². The van der Waals surface area contributed by atoms with Crippen LogP contribution in [0.1, 0.15) is 32.3 Å². The minimum absolute atomic E-state index is 0.00894. The van der Waals surface area contributed by atoms with Gasteiger partial charge in [-0.1, -0.05) is 19.1 Å². The molecular weight excluding hydrogens is 292 g/mol. The van der Waals surface area contributed by atoms with Crippen molar-refractivity contribution in [3.63, 3.8) is 0 Å². The molecule has 2 rings (SSSR count). The topological polar surface area (TPSA) is 67.4 Å². The first kappa shape index (κ1) is 17.3. The molecule has 0 aliphatic heterocycles. The van der Waals surface area contributed by atoms with Gasteiger partial charge in [-0.05, 0) is 43.9 Å². The quantitative estimate of drug-likeness (QED) is 0.769. The Morgan fingerprint density at radius 3 is 2.48 bits per heavy atom. The van der Waals surface area contributed by atoms with Gasteiger partial charge in [0.05, 0.1) is 18.9 Å². The van der Waals surface area contributed by atoms with Crippen LogP contribution in [0.4, 0.5) is 0 Å². The van der Waals surface area contributed by atoms with Crippen molar-refractivity contribution in [2.45, 2.75) is 39.2 Å². The third kappa shape index (κ3) is 4.98. The molecule has 0 spiro atoms. The molecule has 0 saturated heterocycles. The summed E-state index contributed by atoms with van der Waals surface area (Å²) in [6, 6.07) is 7.97. The highest BCUT2D eigenvalue weighted by molar-refractivity contribution is 5.92. The summed E-state index contributed by atoms with van der Waals surface area (Å²) in [5.74, 6) is 0.517. The smallest absolute Gasteiger partial charge is 0.224 e. The summed E-state index contributed by atoms with van der Waals surface area (Å²) in [6.07, 6.45) is 2.33. The number of ether oxygens (including phenoxy) is 1. The first-order chi connectivity index (χ1) is 11.0. The van der Waals surface area contributed by atoms with E-state index in [0.29, 0.717) is 13.0 Å². The minimum Gasteiger partial charge on any atom is -0.497 e. The Balaban J connectivity index is 1.68. The molecule has 0 radical (unpaired) electrons. The number of methoxy groups -OCH3 is 1. The molecule has 23 heavy (non-hydrogen) atoms. The summed E-state index contributed by atoms with van der Waals surface area (Å²) in [6.45, 7) is 4.59. The van der Waals surface area contributed by atoms with E-state index < -0.39 is 0 Å². The Morgan fingerprint density at radius 2 is 1.87 bits per heavy atom. The lowest BCUT2D eigenvalue weighted by Gasteiger charge is -2.11. The van der Waals surface area contributed by atoms with Crippen LogP contribution in [0.5, 0.6) is 5.75 Å². The molecule has 3 unspecified atom stereocenters. The second-order valence-electron chi connectivity index (χ2n) is 6.16. The van der Waals surface area contributed by atoms with E-state index in [1.165, 1.54) is 0 Å². The van der Waals surface area contributed by atoms with Gasteiger partial charge >= 0.3 is 0 Å². The molecule has 0 heterocycles. The van der Waals surface area contributed by atoms with E-state index in [9.17, 15) is 9.59 Å². The van der Waals surface area contributed by atoms with Crippen molar-refractivity contribution in [3.05, 3.63) is 29.8 Å². The van der Waals surface area contributed by atoms with Gasteiger partial charge in [0.15, 0.2) is 0 Å². The zero-order valence-electron chi connectivity index (χ0n) is 14.1. The van der Waals surface area contributed by atoms with Gasteiger partial charge in [-0.25, -0.2) is 0 Å². The van der Waals surface area contributed by atoms with E-state index >= 15 is 0 Å². The van der Waals surface area contributed by atoms with E-state index in [1.807, 2.05) is 38.1 Å². The number of rotatable bonds is 8. The van der Waals surface area contributed by atoms with Crippen molar-refractivity contribution in [2.75, 3.05) is 13.7 Å². The zero-order valence-corrected chi connectivity index (χ0v) is 14.1. The average Bonchev–Trinajstić information content (AvgIpc) is 3.36. The fourth-order valence-corrected chi connectivity index (χ4v) is 2.48. The summed E-state index contributed by atoms with van der Waals surface area (Å²) < 4.78 is 5.11. The van der Waals surface area contributed by atoms with Crippen molar-refractivity contribution in [3.8, 4) is 5.75 Å². The first-order valence-electron chi connectivity index (χ1n) is 8.26. The molecule has 5 heteroatoms. The van der Waals surface area contributed by atoms with Crippen LogP contribution < -0.4 is 15.4 Å². The van der Waals surface area contributed by atoms with Gasteiger partial charge < -0.3 is 15.4 Å². The number of hydrogen-bond acceptors (Lipinski definition) is 3. The molecule has 0 aromatic heterocycles. The standard InChI is InChI=1S/C18H26N2O3/c1-4-12(2)20-18(22)16-11-15(16)17(21)19-10-9-13-5-7-14(23-3)8-6-13/h5-8,12,15-16H,4,9-11H2,1-3H3,(H,19,21)(H,20,22). The number of carbonyl (C=O) groups is 2. The van der Waals surface area contributed by atoms with Gasteiger partial charge in [-0.3, -0.25) is 9.59 Å². The maximum atomic E-state index is 12.1. The monoisotopic (exact) mass is 318 g/mol. The number of hydrogen-bond donors (Lipinski definition) is 2. The van der Waals surface area contributed by atoms with Crippen LogP contribution in [0.25, 0.3) is 0 Å². The van der Waals surface area contributed by atoms with Gasteiger partial charge in [0, 0.05) is 12.6 Å². The molecule has 1 aromatic rings. The molecule has 2 N–H and O–H groups in total. The predicted molar refractivity (Wildman–Crippen MR) is 89.2 cm³/mol. The Morgan fingerprint density at radius 1 is 1.22 bits per heavy atom. The van der Waals surface area contributed by atoms with Crippen LogP contribution >= 0.6 is 0 Å². The van der Waals surface area contributed by atoms with Crippen LogP contribution in [0.3, 0.4) is 0 Å². The maximum Gasteiger partial charge on any atom is 0.224 e. The molecule has 1 aromatic carbocycles. The highest BCUT2D eigenvalue weighted by Crippen LogP contribution is 2.38. The fourth-order valence-electron chi connectivity index (χ4n) is 2.48. The first-order valence-corrected chi connectivity index (χ1v) is 8.26. The normalized spacial score (nSPS) is 20.5. The Bertz CT molecular complexity index is 542. The second kappa shape index (κ2) is 7.99.